The number of halogens is 2. The fourth-order valence-electron chi connectivity index (χ4n) is 3.59. The summed E-state index contributed by atoms with van der Waals surface area (Å²) in [6.07, 6.45) is 7.07. The molecule has 0 aromatic carbocycles. The van der Waals surface area contributed by atoms with E-state index in [1.807, 2.05) is 12.1 Å². The van der Waals surface area contributed by atoms with Gasteiger partial charge in [0.2, 0.25) is 0 Å². The highest BCUT2D eigenvalue weighted by Crippen LogP contribution is 2.26. The Labute approximate surface area is 172 Å². The number of nitrogens with one attached hydrogen (secondary N) is 3. The van der Waals surface area contributed by atoms with E-state index < -0.39 is 0 Å². The molecule has 7 nitrogen and oxygen atoms in total. The van der Waals surface area contributed by atoms with Crippen molar-refractivity contribution < 1.29 is 4.79 Å². The molecule has 3 N–H and O–H groups in total. The number of nitrogens with zero attached hydrogens (tertiary/aromatic N) is 3. The van der Waals surface area contributed by atoms with E-state index in [0.717, 1.165) is 49.1 Å². The first-order chi connectivity index (χ1) is 13.6. The number of H-pyrrole nitrogens is 1. The zero-order valence-electron chi connectivity index (χ0n) is 15.1. The summed E-state index contributed by atoms with van der Waals surface area (Å²) in [6, 6.07) is 5.58. The van der Waals surface area contributed by atoms with Crippen molar-refractivity contribution in [1.29, 1.82) is 0 Å². The van der Waals surface area contributed by atoms with E-state index in [-0.39, 0.29) is 17.1 Å². The molecule has 0 bridgehead atoms. The number of aromatic nitrogens is 4. The maximum absolute atomic E-state index is 12.4. The van der Waals surface area contributed by atoms with Crippen LogP contribution in [-0.4, -0.2) is 38.7 Å². The normalized spacial score (nSPS) is 19.5. The Kier molecular flexibility index (Phi) is 5.64. The Hall–Kier alpha value is -2.38. The summed E-state index contributed by atoms with van der Waals surface area (Å²) in [7, 11) is 0. The number of hydrogen-bond donors (Lipinski definition) is 3. The number of anilines is 1. The molecule has 28 heavy (non-hydrogen) atoms. The van der Waals surface area contributed by atoms with Crippen LogP contribution >= 0.6 is 23.2 Å². The molecule has 1 aliphatic rings. The Morgan fingerprint density at radius 2 is 2.04 bits per heavy atom. The number of carbonyl (C=O) groups is 1. The monoisotopic (exact) mass is 418 g/mol. The zero-order valence-corrected chi connectivity index (χ0v) is 16.6. The maximum Gasteiger partial charge on any atom is 0.254 e. The molecule has 1 aliphatic carbocycles. The quantitative estimate of drug-likeness (QED) is 0.542. The van der Waals surface area contributed by atoms with Gasteiger partial charge < -0.3 is 10.6 Å². The van der Waals surface area contributed by atoms with Crippen LogP contribution in [0.25, 0.3) is 11.0 Å². The summed E-state index contributed by atoms with van der Waals surface area (Å²) in [5.74, 6) is 1.15. The van der Waals surface area contributed by atoms with Gasteiger partial charge in [-0.3, -0.25) is 9.89 Å². The van der Waals surface area contributed by atoms with Gasteiger partial charge in [-0.2, -0.15) is 5.10 Å². The molecule has 0 aliphatic heterocycles. The lowest BCUT2D eigenvalue weighted by Crippen LogP contribution is -2.38. The zero-order chi connectivity index (χ0) is 19.5. The van der Waals surface area contributed by atoms with Gasteiger partial charge in [-0.05, 0) is 49.8 Å². The fraction of sp³-hybridized carbons (Fsp3) is 0.368. The Bertz CT molecular complexity index is 983. The van der Waals surface area contributed by atoms with Gasteiger partial charge in [0.05, 0.1) is 16.0 Å². The van der Waals surface area contributed by atoms with Crippen LogP contribution in [-0.2, 0) is 0 Å². The number of fused-ring (bicyclic) bond motifs is 1. The van der Waals surface area contributed by atoms with Crippen LogP contribution in [0, 0.1) is 5.92 Å². The molecule has 3 aromatic rings. The van der Waals surface area contributed by atoms with Crippen molar-refractivity contribution in [3.8, 4) is 0 Å². The Balaban J connectivity index is 1.27. The smallest absolute Gasteiger partial charge is 0.254 e. The molecule has 1 amide bonds. The summed E-state index contributed by atoms with van der Waals surface area (Å²) >= 11 is 11.9. The van der Waals surface area contributed by atoms with Crippen LogP contribution in [0.15, 0.2) is 30.6 Å². The molecular weight excluding hydrogens is 399 g/mol. The second-order valence-electron chi connectivity index (χ2n) is 7.04. The third kappa shape index (κ3) is 4.20. The fourth-order valence-corrected chi connectivity index (χ4v) is 3.93. The number of hydrogen-bond acceptors (Lipinski definition) is 5. The lowest BCUT2D eigenvalue weighted by Gasteiger charge is -2.29. The first-order valence-electron chi connectivity index (χ1n) is 9.25. The number of rotatable bonds is 5. The predicted molar refractivity (Wildman–Crippen MR) is 110 cm³/mol. The molecule has 9 heteroatoms. The van der Waals surface area contributed by atoms with Crippen molar-refractivity contribution in [3.05, 3.63) is 46.3 Å². The van der Waals surface area contributed by atoms with Crippen molar-refractivity contribution >= 4 is 46.0 Å². The van der Waals surface area contributed by atoms with Crippen LogP contribution in [0.1, 0.15) is 36.0 Å². The molecule has 3 heterocycles. The van der Waals surface area contributed by atoms with Gasteiger partial charge in [0, 0.05) is 25.0 Å². The van der Waals surface area contributed by atoms with Gasteiger partial charge in [-0.25, -0.2) is 9.97 Å². The van der Waals surface area contributed by atoms with Gasteiger partial charge in [-0.1, -0.05) is 23.2 Å². The molecule has 0 atom stereocenters. The van der Waals surface area contributed by atoms with Gasteiger partial charge in [0.1, 0.15) is 5.15 Å². The first-order valence-corrected chi connectivity index (χ1v) is 10.0. The number of aromatic amines is 1. The van der Waals surface area contributed by atoms with E-state index in [1.165, 1.54) is 6.20 Å². The van der Waals surface area contributed by atoms with Crippen molar-refractivity contribution in [2.24, 2.45) is 5.92 Å². The van der Waals surface area contributed by atoms with E-state index in [9.17, 15) is 4.79 Å². The highest BCUT2D eigenvalue weighted by atomic mass is 35.5. The number of amides is 1. The predicted octanol–water partition coefficient (Wildman–Crippen LogP) is 4.06. The SMILES string of the molecule is O=C(N[C@H]1CC[C@H](CNc2n[nH]c3ncccc23)CC1)c1cc(Cl)cnc1Cl. The number of pyridine rings is 2. The molecular formula is C19H20Cl2N6O. The minimum absolute atomic E-state index is 0.134. The summed E-state index contributed by atoms with van der Waals surface area (Å²) in [6.45, 7) is 0.847. The standard InChI is InChI=1S/C19H20Cl2N6O/c20-12-8-15(16(21)23-10-12)19(28)25-13-5-3-11(4-6-13)9-24-18-14-2-1-7-22-17(14)26-27-18/h1-2,7-8,10-11,13H,3-6,9H2,(H,25,28)(H2,22,24,26,27)/t11-,13-. The van der Waals surface area contributed by atoms with Crippen LogP contribution in [0.3, 0.4) is 0 Å². The first kappa shape index (κ1) is 19.0. The summed E-state index contributed by atoms with van der Waals surface area (Å²) < 4.78 is 0. The van der Waals surface area contributed by atoms with E-state index in [2.05, 4.69) is 30.8 Å². The van der Waals surface area contributed by atoms with Crippen LogP contribution in [0.4, 0.5) is 5.82 Å². The topological polar surface area (TPSA) is 95.6 Å². The van der Waals surface area contributed by atoms with Crippen molar-refractivity contribution in [2.75, 3.05) is 11.9 Å². The van der Waals surface area contributed by atoms with E-state index in [1.54, 1.807) is 12.3 Å². The Morgan fingerprint density at radius 1 is 1.21 bits per heavy atom. The third-order valence-electron chi connectivity index (χ3n) is 5.13. The minimum atomic E-state index is -0.225. The average Bonchev–Trinajstić information content (AvgIpc) is 3.12. The average molecular weight is 419 g/mol. The second kappa shape index (κ2) is 8.32. The molecule has 1 fully saturated rings. The molecule has 3 aromatic heterocycles. The van der Waals surface area contributed by atoms with Gasteiger partial charge >= 0.3 is 0 Å². The van der Waals surface area contributed by atoms with E-state index in [4.69, 9.17) is 23.2 Å². The molecule has 4 rings (SSSR count). The van der Waals surface area contributed by atoms with Crippen LogP contribution < -0.4 is 10.6 Å². The van der Waals surface area contributed by atoms with Crippen molar-refractivity contribution in [2.45, 2.75) is 31.7 Å². The highest BCUT2D eigenvalue weighted by Gasteiger charge is 2.24. The molecule has 146 valence electrons. The van der Waals surface area contributed by atoms with Gasteiger partial charge in [-0.15, -0.1) is 0 Å². The van der Waals surface area contributed by atoms with Crippen LogP contribution in [0.2, 0.25) is 10.2 Å². The summed E-state index contributed by atoms with van der Waals surface area (Å²) in [5.41, 5.74) is 1.10. The molecule has 0 unspecified atom stereocenters. The number of carbonyl (C=O) groups excluding carboxylic acids is 1. The maximum atomic E-state index is 12.4. The minimum Gasteiger partial charge on any atom is -0.368 e. The summed E-state index contributed by atoms with van der Waals surface area (Å²) in [4.78, 5) is 20.6. The molecule has 0 radical (unpaired) electrons. The third-order valence-corrected chi connectivity index (χ3v) is 5.63. The lowest BCUT2D eigenvalue weighted by atomic mass is 9.86. The van der Waals surface area contributed by atoms with Crippen molar-refractivity contribution in [3.63, 3.8) is 0 Å². The largest absolute Gasteiger partial charge is 0.368 e. The van der Waals surface area contributed by atoms with Gasteiger partial charge in [0.15, 0.2) is 11.5 Å². The van der Waals surface area contributed by atoms with Crippen LogP contribution in [0.5, 0.6) is 0 Å². The Morgan fingerprint density at radius 3 is 2.86 bits per heavy atom. The van der Waals surface area contributed by atoms with Crippen molar-refractivity contribution in [1.82, 2.24) is 25.5 Å². The highest BCUT2D eigenvalue weighted by molar-refractivity contribution is 6.34. The lowest BCUT2D eigenvalue weighted by molar-refractivity contribution is 0.0922. The van der Waals surface area contributed by atoms with E-state index >= 15 is 0 Å². The van der Waals surface area contributed by atoms with Gasteiger partial charge in [0.25, 0.3) is 5.91 Å². The van der Waals surface area contributed by atoms with E-state index in [0.29, 0.717) is 16.5 Å². The second-order valence-corrected chi connectivity index (χ2v) is 7.83. The molecule has 1 saturated carbocycles. The molecule has 0 spiro atoms. The summed E-state index contributed by atoms with van der Waals surface area (Å²) in [5, 5.41) is 15.3. The molecule has 0 saturated heterocycles.